The molecule has 1 saturated heterocycles. The van der Waals surface area contributed by atoms with E-state index in [9.17, 15) is 13.2 Å². The zero-order chi connectivity index (χ0) is 14.9. The van der Waals surface area contributed by atoms with E-state index >= 15 is 0 Å². The van der Waals surface area contributed by atoms with Crippen LogP contribution in [0.15, 0.2) is 42.5 Å². The molecule has 5 heteroatoms. The quantitative estimate of drug-likeness (QED) is 0.938. The summed E-state index contributed by atoms with van der Waals surface area (Å²) in [5, 5.41) is 5.00. The highest BCUT2D eigenvalue weighted by Crippen LogP contribution is 2.19. The highest BCUT2D eigenvalue weighted by molar-refractivity contribution is 7.91. The molecular weight excluding hydrogens is 286 g/mol. The van der Waals surface area contributed by atoms with Crippen molar-refractivity contribution >= 4 is 26.5 Å². The molecule has 110 valence electrons. The van der Waals surface area contributed by atoms with Crippen LogP contribution >= 0.6 is 0 Å². The lowest BCUT2D eigenvalue weighted by Crippen LogP contribution is -2.36. The summed E-state index contributed by atoms with van der Waals surface area (Å²) in [5.41, 5.74) is 0.964. The maximum atomic E-state index is 12.1. The molecule has 2 aromatic rings. The molecule has 21 heavy (non-hydrogen) atoms. The fourth-order valence-electron chi connectivity index (χ4n) is 2.81. The maximum absolute atomic E-state index is 12.1. The zero-order valence-electron chi connectivity index (χ0n) is 11.6. The first kappa shape index (κ1) is 14.1. The Morgan fingerprint density at radius 2 is 1.90 bits per heavy atom. The fraction of sp³-hybridized carbons (Fsp3) is 0.312. The number of sulfone groups is 1. The Morgan fingerprint density at radius 3 is 2.67 bits per heavy atom. The van der Waals surface area contributed by atoms with Gasteiger partial charge in [0.1, 0.15) is 0 Å². The van der Waals surface area contributed by atoms with Gasteiger partial charge in [-0.05, 0) is 22.8 Å². The van der Waals surface area contributed by atoms with E-state index in [1.165, 1.54) is 0 Å². The van der Waals surface area contributed by atoms with Crippen LogP contribution in [-0.4, -0.2) is 31.9 Å². The average Bonchev–Trinajstić information content (AvgIpc) is 2.78. The number of hydrogen-bond acceptors (Lipinski definition) is 3. The van der Waals surface area contributed by atoms with E-state index in [1.807, 2.05) is 42.5 Å². The minimum Gasteiger partial charge on any atom is -0.352 e. The van der Waals surface area contributed by atoms with Crippen LogP contribution in [0.3, 0.4) is 0 Å². The Kier molecular flexibility index (Phi) is 3.68. The van der Waals surface area contributed by atoms with Crippen LogP contribution in [0, 0.1) is 0 Å². The molecule has 2 aromatic carbocycles. The van der Waals surface area contributed by atoms with Crippen molar-refractivity contribution < 1.29 is 13.2 Å². The van der Waals surface area contributed by atoms with Crippen LogP contribution in [0.5, 0.6) is 0 Å². The molecule has 4 nitrogen and oxygen atoms in total. The summed E-state index contributed by atoms with van der Waals surface area (Å²) < 4.78 is 22.8. The van der Waals surface area contributed by atoms with Crippen molar-refractivity contribution in [3.8, 4) is 0 Å². The summed E-state index contributed by atoms with van der Waals surface area (Å²) in [5.74, 6) is 0.119. The lowest BCUT2D eigenvalue weighted by molar-refractivity contribution is -0.120. The Hall–Kier alpha value is -1.88. The Labute approximate surface area is 124 Å². The third-order valence-corrected chi connectivity index (χ3v) is 5.60. The molecule has 1 atom stereocenters. The van der Waals surface area contributed by atoms with E-state index in [0.29, 0.717) is 6.42 Å². The molecule has 1 amide bonds. The van der Waals surface area contributed by atoms with Crippen molar-refractivity contribution in [3.05, 3.63) is 48.0 Å². The van der Waals surface area contributed by atoms with Gasteiger partial charge in [0.25, 0.3) is 0 Å². The predicted octanol–water partition coefficient (Wildman–Crippen LogP) is 1.69. The molecule has 0 saturated carbocycles. The largest absolute Gasteiger partial charge is 0.352 e. The molecule has 3 rings (SSSR count). The van der Waals surface area contributed by atoms with E-state index in [1.54, 1.807) is 0 Å². The molecule has 1 heterocycles. The van der Waals surface area contributed by atoms with Crippen molar-refractivity contribution in [2.75, 3.05) is 11.5 Å². The van der Waals surface area contributed by atoms with Crippen LogP contribution < -0.4 is 5.32 Å². The summed E-state index contributed by atoms with van der Waals surface area (Å²) in [4.78, 5) is 12.1. The Balaban J connectivity index is 1.72. The summed E-state index contributed by atoms with van der Waals surface area (Å²) in [7, 11) is -2.96. The second kappa shape index (κ2) is 5.48. The number of hydrogen-bond donors (Lipinski definition) is 1. The van der Waals surface area contributed by atoms with Crippen LogP contribution in [0.1, 0.15) is 12.0 Å². The number of carbonyl (C=O) groups excluding carboxylic acids is 1. The van der Waals surface area contributed by atoms with Gasteiger partial charge in [0, 0.05) is 6.04 Å². The Bertz CT molecular complexity index is 778. The van der Waals surface area contributed by atoms with Gasteiger partial charge in [-0.2, -0.15) is 0 Å². The first-order valence-corrected chi connectivity index (χ1v) is 8.82. The minimum atomic E-state index is -2.96. The van der Waals surface area contributed by atoms with Crippen molar-refractivity contribution in [1.82, 2.24) is 5.32 Å². The number of carbonyl (C=O) groups is 1. The topological polar surface area (TPSA) is 63.2 Å². The van der Waals surface area contributed by atoms with Crippen LogP contribution in [-0.2, 0) is 21.1 Å². The molecule has 0 bridgehead atoms. The molecule has 0 radical (unpaired) electrons. The van der Waals surface area contributed by atoms with Gasteiger partial charge in [-0.1, -0.05) is 42.5 Å². The SMILES string of the molecule is O=C(Cc1cccc2ccccc12)N[C@H]1CCS(=O)(=O)C1. The molecule has 1 aliphatic heterocycles. The van der Waals surface area contributed by atoms with E-state index in [2.05, 4.69) is 5.32 Å². The van der Waals surface area contributed by atoms with Crippen molar-refractivity contribution in [2.45, 2.75) is 18.9 Å². The van der Waals surface area contributed by atoms with Crippen molar-refractivity contribution in [1.29, 1.82) is 0 Å². The van der Waals surface area contributed by atoms with E-state index in [-0.39, 0.29) is 29.9 Å². The number of benzene rings is 2. The number of rotatable bonds is 3. The summed E-state index contributed by atoms with van der Waals surface area (Å²) in [6.45, 7) is 0. The van der Waals surface area contributed by atoms with Gasteiger partial charge in [-0.15, -0.1) is 0 Å². The molecule has 1 N–H and O–H groups in total. The van der Waals surface area contributed by atoms with Gasteiger partial charge in [-0.25, -0.2) is 8.42 Å². The lowest BCUT2D eigenvalue weighted by atomic mass is 10.0. The monoisotopic (exact) mass is 303 g/mol. The van der Waals surface area contributed by atoms with E-state index in [0.717, 1.165) is 16.3 Å². The number of fused-ring (bicyclic) bond motifs is 1. The summed E-state index contributed by atoms with van der Waals surface area (Å²) in [6, 6.07) is 13.6. The highest BCUT2D eigenvalue weighted by atomic mass is 32.2. The van der Waals surface area contributed by atoms with Crippen LogP contribution in [0.2, 0.25) is 0 Å². The second-order valence-corrected chi connectivity index (χ2v) is 7.71. The third-order valence-electron chi connectivity index (χ3n) is 3.83. The van der Waals surface area contributed by atoms with Crippen LogP contribution in [0.4, 0.5) is 0 Å². The normalized spacial score (nSPS) is 20.5. The van der Waals surface area contributed by atoms with Gasteiger partial charge < -0.3 is 5.32 Å². The molecule has 1 fully saturated rings. The standard InChI is InChI=1S/C16H17NO3S/c18-16(17-14-8-9-21(19,20)11-14)10-13-6-3-5-12-4-1-2-7-15(12)13/h1-7,14H,8-11H2,(H,17,18)/t14-/m0/s1. The summed E-state index contributed by atoms with van der Waals surface area (Å²) >= 11 is 0. The Morgan fingerprint density at radius 1 is 1.14 bits per heavy atom. The number of amides is 1. The molecular formula is C16H17NO3S. The third kappa shape index (κ3) is 3.24. The maximum Gasteiger partial charge on any atom is 0.224 e. The smallest absolute Gasteiger partial charge is 0.224 e. The fourth-order valence-corrected chi connectivity index (χ4v) is 4.48. The van der Waals surface area contributed by atoms with Crippen LogP contribution in [0.25, 0.3) is 10.8 Å². The lowest BCUT2D eigenvalue weighted by Gasteiger charge is -2.12. The molecule has 1 aliphatic rings. The first-order valence-electron chi connectivity index (χ1n) is 7.00. The number of nitrogens with one attached hydrogen (secondary N) is 1. The highest BCUT2D eigenvalue weighted by Gasteiger charge is 2.28. The first-order chi connectivity index (χ1) is 10.0. The molecule has 0 aromatic heterocycles. The van der Waals surface area contributed by atoms with Gasteiger partial charge in [0.15, 0.2) is 9.84 Å². The van der Waals surface area contributed by atoms with Crippen molar-refractivity contribution in [3.63, 3.8) is 0 Å². The summed E-state index contributed by atoms with van der Waals surface area (Å²) in [6.07, 6.45) is 0.793. The minimum absolute atomic E-state index is 0.0638. The van der Waals surface area contributed by atoms with Gasteiger partial charge in [-0.3, -0.25) is 4.79 Å². The van der Waals surface area contributed by atoms with Gasteiger partial charge >= 0.3 is 0 Å². The predicted molar refractivity (Wildman–Crippen MR) is 82.9 cm³/mol. The molecule has 0 aliphatic carbocycles. The van der Waals surface area contributed by atoms with Crippen molar-refractivity contribution in [2.24, 2.45) is 0 Å². The van der Waals surface area contributed by atoms with Gasteiger partial charge in [0.05, 0.1) is 17.9 Å². The van der Waals surface area contributed by atoms with E-state index in [4.69, 9.17) is 0 Å². The molecule has 0 unspecified atom stereocenters. The second-order valence-electron chi connectivity index (χ2n) is 5.48. The van der Waals surface area contributed by atoms with Gasteiger partial charge in [0.2, 0.25) is 5.91 Å². The average molecular weight is 303 g/mol. The molecule has 0 spiro atoms. The zero-order valence-corrected chi connectivity index (χ0v) is 12.4. The van der Waals surface area contributed by atoms with E-state index < -0.39 is 9.84 Å².